The number of nitriles is 1. The number of amides is 1. The Balaban J connectivity index is 2.06. The zero-order valence-corrected chi connectivity index (χ0v) is 10.3. The van der Waals surface area contributed by atoms with E-state index in [-0.39, 0.29) is 5.91 Å². The Bertz CT molecular complexity index is 493. The van der Waals surface area contributed by atoms with Gasteiger partial charge in [-0.3, -0.25) is 4.79 Å². The highest BCUT2D eigenvalue weighted by Gasteiger charge is 2.13. The van der Waals surface area contributed by atoms with Crippen LogP contribution in [-0.2, 0) is 4.79 Å². The lowest BCUT2D eigenvalue weighted by atomic mass is 10.1. The molecule has 1 aliphatic rings. The molecule has 0 unspecified atom stereocenters. The van der Waals surface area contributed by atoms with E-state index in [0.717, 1.165) is 31.5 Å². The van der Waals surface area contributed by atoms with E-state index in [1.165, 1.54) is 6.42 Å². The molecule has 92 valence electrons. The Morgan fingerprint density at radius 3 is 2.67 bits per heavy atom. The van der Waals surface area contributed by atoms with Crippen molar-refractivity contribution in [2.75, 3.05) is 13.1 Å². The average molecular weight is 240 g/mol. The lowest BCUT2D eigenvalue weighted by Gasteiger charge is -2.25. The van der Waals surface area contributed by atoms with Gasteiger partial charge in [0, 0.05) is 19.2 Å². The van der Waals surface area contributed by atoms with Gasteiger partial charge in [-0.15, -0.1) is 0 Å². The monoisotopic (exact) mass is 240 g/mol. The minimum atomic E-state index is 0.0439. The SMILES string of the molecule is N#Cc1ccccc1/C=C/C(=O)N1CCCCC1. The molecular weight excluding hydrogens is 224 g/mol. The van der Waals surface area contributed by atoms with Crippen molar-refractivity contribution < 1.29 is 4.79 Å². The fourth-order valence-corrected chi connectivity index (χ4v) is 2.12. The standard InChI is InChI=1S/C15H16N2O/c16-12-14-7-3-2-6-13(14)8-9-15(18)17-10-4-1-5-11-17/h2-3,6-9H,1,4-5,10-11H2/b9-8+. The first-order valence-electron chi connectivity index (χ1n) is 6.27. The van der Waals surface area contributed by atoms with Crippen LogP contribution in [0.1, 0.15) is 30.4 Å². The average Bonchev–Trinajstić information content (AvgIpc) is 2.46. The van der Waals surface area contributed by atoms with E-state index in [0.29, 0.717) is 5.56 Å². The summed E-state index contributed by atoms with van der Waals surface area (Å²) >= 11 is 0. The maximum absolute atomic E-state index is 11.9. The van der Waals surface area contributed by atoms with E-state index < -0.39 is 0 Å². The minimum absolute atomic E-state index is 0.0439. The molecule has 0 bridgehead atoms. The smallest absolute Gasteiger partial charge is 0.246 e. The molecule has 3 nitrogen and oxygen atoms in total. The lowest BCUT2D eigenvalue weighted by Crippen LogP contribution is -2.34. The molecule has 2 rings (SSSR count). The van der Waals surface area contributed by atoms with Crippen LogP contribution in [0.25, 0.3) is 6.08 Å². The molecule has 1 aromatic carbocycles. The van der Waals surface area contributed by atoms with E-state index in [4.69, 9.17) is 5.26 Å². The van der Waals surface area contributed by atoms with Crippen molar-refractivity contribution in [1.82, 2.24) is 4.90 Å². The summed E-state index contributed by atoms with van der Waals surface area (Å²) in [5.41, 5.74) is 1.39. The van der Waals surface area contributed by atoms with Crippen LogP contribution in [0.4, 0.5) is 0 Å². The van der Waals surface area contributed by atoms with Gasteiger partial charge in [0.05, 0.1) is 11.6 Å². The predicted octanol–water partition coefficient (Wildman–Crippen LogP) is 2.58. The summed E-state index contributed by atoms with van der Waals surface area (Å²) < 4.78 is 0. The van der Waals surface area contributed by atoms with E-state index in [9.17, 15) is 4.79 Å². The second kappa shape index (κ2) is 6.02. The highest BCUT2D eigenvalue weighted by molar-refractivity contribution is 5.92. The Kier molecular flexibility index (Phi) is 4.14. The summed E-state index contributed by atoms with van der Waals surface area (Å²) in [6.07, 6.45) is 6.70. The first-order chi connectivity index (χ1) is 8.81. The van der Waals surface area contributed by atoms with Gasteiger partial charge in [-0.1, -0.05) is 18.2 Å². The molecular formula is C15H16N2O. The van der Waals surface area contributed by atoms with Gasteiger partial charge >= 0.3 is 0 Å². The fraction of sp³-hybridized carbons (Fsp3) is 0.333. The van der Waals surface area contributed by atoms with Crippen LogP contribution < -0.4 is 0 Å². The number of carbonyl (C=O) groups is 1. The Hall–Kier alpha value is -2.08. The number of hydrogen-bond donors (Lipinski definition) is 0. The molecule has 0 spiro atoms. The van der Waals surface area contributed by atoms with Gasteiger partial charge in [0.15, 0.2) is 0 Å². The quantitative estimate of drug-likeness (QED) is 0.746. The number of benzene rings is 1. The van der Waals surface area contributed by atoms with Crippen molar-refractivity contribution in [1.29, 1.82) is 5.26 Å². The molecule has 1 fully saturated rings. The summed E-state index contributed by atoms with van der Waals surface area (Å²) in [6.45, 7) is 1.70. The zero-order valence-electron chi connectivity index (χ0n) is 10.3. The molecule has 1 aromatic rings. The molecule has 1 amide bonds. The maximum atomic E-state index is 11.9. The number of rotatable bonds is 2. The van der Waals surface area contributed by atoms with Gasteiger partial charge in [-0.25, -0.2) is 0 Å². The number of likely N-dealkylation sites (tertiary alicyclic amines) is 1. The molecule has 0 aliphatic carbocycles. The molecule has 0 radical (unpaired) electrons. The molecule has 0 atom stereocenters. The third-order valence-electron chi connectivity index (χ3n) is 3.15. The summed E-state index contributed by atoms with van der Waals surface area (Å²) in [6, 6.07) is 9.41. The van der Waals surface area contributed by atoms with Crippen molar-refractivity contribution >= 4 is 12.0 Å². The molecule has 0 saturated carbocycles. The van der Waals surface area contributed by atoms with Crippen LogP contribution >= 0.6 is 0 Å². The molecule has 0 aromatic heterocycles. The number of piperidine rings is 1. The van der Waals surface area contributed by atoms with Gasteiger partial charge in [0.25, 0.3) is 0 Å². The summed E-state index contributed by atoms with van der Waals surface area (Å²) in [5.74, 6) is 0.0439. The van der Waals surface area contributed by atoms with Gasteiger partial charge < -0.3 is 4.90 Å². The van der Waals surface area contributed by atoms with E-state index >= 15 is 0 Å². The van der Waals surface area contributed by atoms with Crippen LogP contribution in [0.3, 0.4) is 0 Å². The van der Waals surface area contributed by atoms with Gasteiger partial charge in [0.2, 0.25) is 5.91 Å². The highest BCUT2D eigenvalue weighted by Crippen LogP contribution is 2.12. The summed E-state index contributed by atoms with van der Waals surface area (Å²) in [5, 5.41) is 8.95. The maximum Gasteiger partial charge on any atom is 0.246 e. The van der Waals surface area contributed by atoms with Gasteiger partial charge in [-0.05, 0) is 37.0 Å². The van der Waals surface area contributed by atoms with E-state index in [1.54, 1.807) is 18.2 Å². The Labute approximate surface area is 107 Å². The third kappa shape index (κ3) is 2.98. The minimum Gasteiger partial charge on any atom is -0.339 e. The van der Waals surface area contributed by atoms with Crippen LogP contribution in [0, 0.1) is 11.3 Å². The first kappa shape index (κ1) is 12.4. The summed E-state index contributed by atoms with van der Waals surface area (Å²) in [4.78, 5) is 13.8. The number of hydrogen-bond acceptors (Lipinski definition) is 2. The van der Waals surface area contributed by atoms with Crippen LogP contribution in [0.2, 0.25) is 0 Å². The van der Waals surface area contributed by atoms with Crippen molar-refractivity contribution in [3.63, 3.8) is 0 Å². The molecule has 1 saturated heterocycles. The fourth-order valence-electron chi connectivity index (χ4n) is 2.12. The summed E-state index contributed by atoms with van der Waals surface area (Å²) in [7, 11) is 0. The Morgan fingerprint density at radius 2 is 1.94 bits per heavy atom. The topological polar surface area (TPSA) is 44.1 Å². The van der Waals surface area contributed by atoms with Gasteiger partial charge in [-0.2, -0.15) is 5.26 Å². The normalized spacial score (nSPS) is 15.6. The van der Waals surface area contributed by atoms with Crippen molar-refractivity contribution in [3.8, 4) is 6.07 Å². The second-order valence-electron chi connectivity index (χ2n) is 4.42. The van der Waals surface area contributed by atoms with Gasteiger partial charge in [0.1, 0.15) is 0 Å². The van der Waals surface area contributed by atoms with Crippen LogP contribution in [-0.4, -0.2) is 23.9 Å². The van der Waals surface area contributed by atoms with Crippen LogP contribution in [0.5, 0.6) is 0 Å². The van der Waals surface area contributed by atoms with Crippen LogP contribution in [0.15, 0.2) is 30.3 Å². The highest BCUT2D eigenvalue weighted by atomic mass is 16.2. The molecule has 0 N–H and O–H groups in total. The molecule has 1 heterocycles. The Morgan fingerprint density at radius 1 is 1.22 bits per heavy atom. The number of nitrogens with zero attached hydrogens (tertiary/aromatic N) is 2. The predicted molar refractivity (Wildman–Crippen MR) is 70.6 cm³/mol. The molecule has 18 heavy (non-hydrogen) atoms. The molecule has 1 aliphatic heterocycles. The second-order valence-corrected chi connectivity index (χ2v) is 4.42. The molecule has 3 heteroatoms. The van der Waals surface area contributed by atoms with Crippen molar-refractivity contribution in [2.45, 2.75) is 19.3 Å². The van der Waals surface area contributed by atoms with E-state index in [2.05, 4.69) is 6.07 Å². The van der Waals surface area contributed by atoms with Crippen molar-refractivity contribution in [3.05, 3.63) is 41.5 Å². The third-order valence-corrected chi connectivity index (χ3v) is 3.15. The first-order valence-corrected chi connectivity index (χ1v) is 6.27. The largest absolute Gasteiger partial charge is 0.339 e. The van der Waals surface area contributed by atoms with Crippen molar-refractivity contribution in [2.24, 2.45) is 0 Å². The zero-order chi connectivity index (χ0) is 12.8. The lowest BCUT2D eigenvalue weighted by molar-refractivity contribution is -0.126. The number of carbonyl (C=O) groups excluding carboxylic acids is 1. The van der Waals surface area contributed by atoms with E-state index in [1.807, 2.05) is 23.1 Å².